The minimum Gasteiger partial charge on any atom is -0.235 e. The van der Waals surface area contributed by atoms with Crippen molar-refractivity contribution in [1.82, 2.24) is 20.0 Å². The third-order valence-electron chi connectivity index (χ3n) is 3.25. The number of hydrogen-bond donors (Lipinski definition) is 0. The maximum absolute atomic E-state index is 6.25. The molecule has 0 saturated heterocycles. The number of benzene rings is 1. The molecule has 19 heavy (non-hydrogen) atoms. The van der Waals surface area contributed by atoms with Crippen molar-refractivity contribution < 1.29 is 0 Å². The average molecular weight is 273 g/mol. The molecule has 0 aliphatic heterocycles. The van der Waals surface area contributed by atoms with Gasteiger partial charge < -0.3 is 0 Å². The van der Waals surface area contributed by atoms with Crippen molar-refractivity contribution in [3.05, 3.63) is 46.4 Å². The second kappa shape index (κ2) is 4.31. The highest BCUT2D eigenvalue weighted by atomic mass is 35.5. The molecule has 0 unspecified atom stereocenters. The molecule has 0 amide bonds. The van der Waals surface area contributed by atoms with Gasteiger partial charge in [-0.25, -0.2) is 4.68 Å². The normalized spacial score (nSPS) is 11.2. The summed E-state index contributed by atoms with van der Waals surface area (Å²) in [6, 6.07) is 7.67. The van der Waals surface area contributed by atoms with Crippen LogP contribution in [-0.4, -0.2) is 20.0 Å². The van der Waals surface area contributed by atoms with Crippen LogP contribution in [0.25, 0.3) is 16.6 Å². The molecule has 0 atom stereocenters. The van der Waals surface area contributed by atoms with Crippen molar-refractivity contribution >= 4 is 22.5 Å². The Hall–Kier alpha value is -1.94. The molecule has 0 fully saturated rings. The lowest BCUT2D eigenvalue weighted by Crippen LogP contribution is -1.99. The summed E-state index contributed by atoms with van der Waals surface area (Å²) in [5.74, 6) is 0. The number of fused-ring (bicyclic) bond motifs is 1. The summed E-state index contributed by atoms with van der Waals surface area (Å²) in [5, 5.41) is 14.6. The van der Waals surface area contributed by atoms with Crippen molar-refractivity contribution in [1.29, 1.82) is 0 Å². The van der Waals surface area contributed by atoms with Crippen LogP contribution < -0.4 is 0 Å². The van der Waals surface area contributed by atoms with Crippen LogP contribution in [0, 0.1) is 20.8 Å². The zero-order valence-corrected chi connectivity index (χ0v) is 11.7. The molecular weight excluding hydrogens is 260 g/mol. The van der Waals surface area contributed by atoms with Crippen molar-refractivity contribution in [2.75, 3.05) is 0 Å². The first-order valence-electron chi connectivity index (χ1n) is 6.03. The first-order chi connectivity index (χ1) is 9.09. The van der Waals surface area contributed by atoms with E-state index in [0.717, 1.165) is 33.7 Å². The molecule has 4 nitrogen and oxygen atoms in total. The van der Waals surface area contributed by atoms with Gasteiger partial charge >= 0.3 is 0 Å². The fourth-order valence-corrected chi connectivity index (χ4v) is 2.51. The minimum absolute atomic E-state index is 0.676. The average Bonchev–Trinajstić information content (AvgIpc) is 2.74. The standard InChI is InChI=1S/C14H13ClN4/c1-8-13-10(3)19(12-7-5-4-6-11(12)15)18-14(13)9(2)17-16-8/h4-7H,1-3H3. The van der Waals surface area contributed by atoms with E-state index in [-0.39, 0.29) is 0 Å². The van der Waals surface area contributed by atoms with Crippen LogP contribution in [0.4, 0.5) is 0 Å². The topological polar surface area (TPSA) is 43.6 Å². The molecule has 0 bridgehead atoms. The van der Waals surface area contributed by atoms with Gasteiger partial charge in [0.1, 0.15) is 5.52 Å². The molecular formula is C14H13ClN4. The van der Waals surface area contributed by atoms with Gasteiger partial charge in [0.2, 0.25) is 0 Å². The second-order valence-electron chi connectivity index (χ2n) is 4.54. The van der Waals surface area contributed by atoms with Gasteiger partial charge in [-0.3, -0.25) is 0 Å². The second-order valence-corrected chi connectivity index (χ2v) is 4.95. The number of rotatable bonds is 1. The largest absolute Gasteiger partial charge is 0.235 e. The van der Waals surface area contributed by atoms with Crippen LogP contribution in [0.3, 0.4) is 0 Å². The highest BCUT2D eigenvalue weighted by Gasteiger charge is 2.15. The SMILES string of the molecule is Cc1nnc(C)c2c(C)n(-c3ccccc3Cl)nc12. The summed E-state index contributed by atoms with van der Waals surface area (Å²) in [6.45, 7) is 5.88. The third kappa shape index (κ3) is 1.79. The van der Waals surface area contributed by atoms with E-state index >= 15 is 0 Å². The zero-order chi connectivity index (χ0) is 13.6. The molecule has 0 N–H and O–H groups in total. The van der Waals surface area contributed by atoms with Crippen molar-refractivity contribution in [3.63, 3.8) is 0 Å². The minimum atomic E-state index is 0.676. The summed E-state index contributed by atoms with van der Waals surface area (Å²) < 4.78 is 1.86. The molecule has 0 aliphatic rings. The van der Waals surface area contributed by atoms with Gasteiger partial charge in [0.15, 0.2) is 0 Å². The lowest BCUT2D eigenvalue weighted by atomic mass is 10.2. The highest BCUT2D eigenvalue weighted by molar-refractivity contribution is 6.32. The van der Waals surface area contributed by atoms with Gasteiger partial charge in [-0.05, 0) is 32.9 Å². The lowest BCUT2D eigenvalue weighted by Gasteiger charge is -2.05. The van der Waals surface area contributed by atoms with Gasteiger partial charge in [0, 0.05) is 5.39 Å². The number of hydrogen-bond acceptors (Lipinski definition) is 3. The van der Waals surface area contributed by atoms with Crippen LogP contribution in [0.15, 0.2) is 24.3 Å². The maximum Gasteiger partial charge on any atom is 0.118 e. The molecule has 1 aromatic carbocycles. The Morgan fingerprint density at radius 2 is 1.68 bits per heavy atom. The fourth-order valence-electron chi connectivity index (χ4n) is 2.29. The Morgan fingerprint density at radius 3 is 2.37 bits per heavy atom. The van der Waals surface area contributed by atoms with E-state index in [1.54, 1.807) is 0 Å². The molecule has 5 heteroatoms. The van der Waals surface area contributed by atoms with Gasteiger partial charge in [0.05, 0.1) is 27.8 Å². The van der Waals surface area contributed by atoms with E-state index in [9.17, 15) is 0 Å². The van der Waals surface area contributed by atoms with Crippen molar-refractivity contribution in [2.45, 2.75) is 20.8 Å². The van der Waals surface area contributed by atoms with E-state index in [0.29, 0.717) is 5.02 Å². The molecule has 0 saturated carbocycles. The smallest absolute Gasteiger partial charge is 0.118 e. The van der Waals surface area contributed by atoms with Gasteiger partial charge in [-0.2, -0.15) is 15.3 Å². The summed E-state index contributed by atoms with van der Waals surface area (Å²) in [4.78, 5) is 0. The number of aromatic nitrogens is 4. The fraction of sp³-hybridized carbons (Fsp3) is 0.214. The molecule has 3 rings (SSSR count). The molecule has 3 aromatic rings. The van der Waals surface area contributed by atoms with E-state index in [2.05, 4.69) is 15.3 Å². The highest BCUT2D eigenvalue weighted by Crippen LogP contribution is 2.27. The summed E-state index contributed by atoms with van der Waals surface area (Å²) in [7, 11) is 0. The first-order valence-corrected chi connectivity index (χ1v) is 6.41. The quantitative estimate of drug-likeness (QED) is 0.682. The third-order valence-corrected chi connectivity index (χ3v) is 3.57. The van der Waals surface area contributed by atoms with E-state index < -0.39 is 0 Å². The maximum atomic E-state index is 6.25. The first kappa shape index (κ1) is 12.1. The zero-order valence-electron chi connectivity index (χ0n) is 11.0. The number of nitrogens with zero attached hydrogens (tertiary/aromatic N) is 4. The molecule has 0 radical (unpaired) electrons. The Kier molecular flexibility index (Phi) is 2.75. The van der Waals surface area contributed by atoms with Gasteiger partial charge in [-0.15, -0.1) is 0 Å². The monoisotopic (exact) mass is 272 g/mol. The van der Waals surface area contributed by atoms with Crippen molar-refractivity contribution in [2.24, 2.45) is 0 Å². The van der Waals surface area contributed by atoms with Crippen molar-refractivity contribution in [3.8, 4) is 5.69 Å². The van der Waals surface area contributed by atoms with Crippen LogP contribution in [0.1, 0.15) is 17.1 Å². The van der Waals surface area contributed by atoms with Gasteiger partial charge in [-0.1, -0.05) is 23.7 Å². The summed E-state index contributed by atoms with van der Waals surface area (Å²) >= 11 is 6.25. The molecule has 0 aliphatic carbocycles. The Bertz CT molecular complexity index is 776. The molecule has 96 valence electrons. The van der Waals surface area contributed by atoms with Crippen LogP contribution in [0.2, 0.25) is 5.02 Å². The molecule has 0 spiro atoms. The predicted octanol–water partition coefficient (Wildman–Crippen LogP) is 3.39. The number of para-hydroxylation sites is 1. The number of aryl methyl sites for hydroxylation is 3. The summed E-state index contributed by atoms with van der Waals surface area (Å²) in [5.41, 5.74) is 4.49. The van der Waals surface area contributed by atoms with E-state index in [4.69, 9.17) is 11.6 Å². The lowest BCUT2D eigenvalue weighted by molar-refractivity contribution is 0.858. The molecule has 2 aromatic heterocycles. The Morgan fingerprint density at radius 1 is 1.00 bits per heavy atom. The van der Waals surface area contributed by atoms with Crippen LogP contribution in [0.5, 0.6) is 0 Å². The van der Waals surface area contributed by atoms with Gasteiger partial charge in [0.25, 0.3) is 0 Å². The van der Waals surface area contributed by atoms with Crippen LogP contribution >= 0.6 is 11.6 Å². The van der Waals surface area contributed by atoms with E-state index in [1.807, 2.05) is 49.7 Å². The Labute approximate surface area is 116 Å². The van der Waals surface area contributed by atoms with Crippen LogP contribution in [-0.2, 0) is 0 Å². The number of halogens is 1. The Balaban J connectivity index is 2.39. The summed E-state index contributed by atoms with van der Waals surface area (Å²) in [6.07, 6.45) is 0. The van der Waals surface area contributed by atoms with E-state index in [1.165, 1.54) is 0 Å². The molecule has 2 heterocycles. The predicted molar refractivity (Wildman–Crippen MR) is 75.9 cm³/mol.